The first-order valence-corrected chi connectivity index (χ1v) is 7.60. The zero-order valence-electron chi connectivity index (χ0n) is 12.6. The fraction of sp³-hybridized carbons (Fsp3) is 0.235. The van der Waals surface area contributed by atoms with E-state index < -0.39 is 0 Å². The third kappa shape index (κ3) is 2.42. The molecule has 1 aliphatic rings. The summed E-state index contributed by atoms with van der Waals surface area (Å²) in [6.45, 7) is 1.25. The molecule has 0 atom stereocenters. The van der Waals surface area contributed by atoms with Crippen LogP contribution in [-0.4, -0.2) is 31.5 Å². The molecule has 0 fully saturated rings. The summed E-state index contributed by atoms with van der Waals surface area (Å²) in [5, 5.41) is 4.08. The van der Waals surface area contributed by atoms with Gasteiger partial charge >= 0.3 is 0 Å². The highest BCUT2D eigenvalue weighted by Gasteiger charge is 2.21. The Labute approximate surface area is 132 Å². The van der Waals surface area contributed by atoms with Crippen LogP contribution in [-0.2, 0) is 24.3 Å². The number of fused-ring (bicyclic) bond motifs is 2. The van der Waals surface area contributed by atoms with E-state index in [9.17, 15) is 9.59 Å². The molecule has 1 amide bonds. The van der Waals surface area contributed by atoms with Crippen LogP contribution in [0, 0.1) is 0 Å². The smallest absolute Gasteiger partial charge is 0.291 e. The zero-order chi connectivity index (χ0) is 15.8. The van der Waals surface area contributed by atoms with Gasteiger partial charge in [0.2, 0.25) is 5.91 Å². The summed E-state index contributed by atoms with van der Waals surface area (Å²) in [6.07, 6.45) is 4.16. The van der Waals surface area contributed by atoms with Crippen LogP contribution in [0.5, 0.6) is 0 Å². The van der Waals surface area contributed by atoms with E-state index in [1.807, 2.05) is 18.2 Å². The monoisotopic (exact) mass is 308 g/mol. The van der Waals surface area contributed by atoms with Crippen molar-refractivity contribution in [1.82, 2.24) is 19.1 Å². The van der Waals surface area contributed by atoms with Gasteiger partial charge in [0.05, 0.1) is 0 Å². The van der Waals surface area contributed by atoms with Crippen LogP contribution >= 0.6 is 0 Å². The maximum Gasteiger partial charge on any atom is 0.291 e. The predicted molar refractivity (Wildman–Crippen MR) is 85.0 cm³/mol. The summed E-state index contributed by atoms with van der Waals surface area (Å²) in [6, 6.07) is 11.7. The van der Waals surface area contributed by atoms with E-state index in [1.54, 1.807) is 34.0 Å². The zero-order valence-corrected chi connectivity index (χ0v) is 12.6. The van der Waals surface area contributed by atoms with Crippen molar-refractivity contribution in [2.45, 2.75) is 19.5 Å². The molecule has 1 aliphatic heterocycles. The highest BCUT2D eigenvalue weighted by molar-refractivity contribution is 5.76. The standard InChI is InChI=1S/C17H16N4O2/c22-16(19-9-7-13-4-1-2-5-14(13)10-19)11-21-17(23)15-6-3-8-20(15)12-18-21/h1-6,8,12H,7,9-11H2. The molecule has 4 rings (SSSR count). The fourth-order valence-electron chi connectivity index (χ4n) is 3.03. The van der Waals surface area contributed by atoms with Crippen molar-refractivity contribution in [2.24, 2.45) is 0 Å². The van der Waals surface area contributed by atoms with Crippen LogP contribution in [0.4, 0.5) is 0 Å². The van der Waals surface area contributed by atoms with Gasteiger partial charge in [-0.3, -0.25) is 9.59 Å². The first kappa shape index (κ1) is 13.8. The fourth-order valence-corrected chi connectivity index (χ4v) is 3.03. The number of benzene rings is 1. The first-order chi connectivity index (χ1) is 11.2. The molecule has 0 aliphatic carbocycles. The second kappa shape index (κ2) is 5.39. The van der Waals surface area contributed by atoms with Gasteiger partial charge in [0, 0.05) is 19.3 Å². The van der Waals surface area contributed by atoms with E-state index in [2.05, 4.69) is 11.2 Å². The van der Waals surface area contributed by atoms with Crippen molar-refractivity contribution < 1.29 is 4.79 Å². The molecule has 3 aromatic rings. The van der Waals surface area contributed by atoms with E-state index in [0.717, 1.165) is 6.42 Å². The minimum absolute atomic E-state index is 0.0251. The van der Waals surface area contributed by atoms with Crippen molar-refractivity contribution in [3.8, 4) is 0 Å². The largest absolute Gasteiger partial charge is 0.336 e. The Balaban J connectivity index is 1.56. The normalized spacial score (nSPS) is 14.0. The highest BCUT2D eigenvalue weighted by atomic mass is 16.2. The van der Waals surface area contributed by atoms with E-state index >= 15 is 0 Å². The van der Waals surface area contributed by atoms with Crippen LogP contribution in [0.2, 0.25) is 0 Å². The number of hydrogen-bond acceptors (Lipinski definition) is 3. The molecule has 23 heavy (non-hydrogen) atoms. The third-order valence-electron chi connectivity index (χ3n) is 4.32. The minimum Gasteiger partial charge on any atom is -0.336 e. The number of aromatic nitrogens is 3. The molecule has 0 saturated carbocycles. The Morgan fingerprint density at radius 1 is 1.13 bits per heavy atom. The van der Waals surface area contributed by atoms with Crippen molar-refractivity contribution >= 4 is 11.4 Å². The Morgan fingerprint density at radius 2 is 1.96 bits per heavy atom. The minimum atomic E-state index is -0.247. The molecular formula is C17H16N4O2. The molecule has 0 spiro atoms. The molecule has 6 nitrogen and oxygen atoms in total. The number of nitrogens with zero attached hydrogens (tertiary/aromatic N) is 4. The van der Waals surface area contributed by atoms with E-state index in [1.165, 1.54) is 15.8 Å². The van der Waals surface area contributed by atoms with Crippen molar-refractivity contribution in [2.75, 3.05) is 6.54 Å². The topological polar surface area (TPSA) is 59.6 Å². The molecule has 2 aromatic heterocycles. The van der Waals surface area contributed by atoms with Crippen LogP contribution < -0.4 is 5.56 Å². The summed E-state index contributed by atoms with van der Waals surface area (Å²) in [4.78, 5) is 26.6. The van der Waals surface area contributed by atoms with Gasteiger partial charge in [-0.1, -0.05) is 24.3 Å². The van der Waals surface area contributed by atoms with Gasteiger partial charge in [0.15, 0.2) is 0 Å². The summed E-state index contributed by atoms with van der Waals surface area (Å²) in [5.74, 6) is -0.0787. The summed E-state index contributed by atoms with van der Waals surface area (Å²) < 4.78 is 2.89. The molecule has 0 radical (unpaired) electrons. The van der Waals surface area contributed by atoms with Gasteiger partial charge in [0.25, 0.3) is 5.56 Å². The number of hydrogen-bond donors (Lipinski definition) is 0. The Morgan fingerprint density at radius 3 is 2.83 bits per heavy atom. The molecular weight excluding hydrogens is 292 g/mol. The Kier molecular flexibility index (Phi) is 3.22. The molecule has 0 saturated heterocycles. The second-order valence-corrected chi connectivity index (χ2v) is 5.73. The number of carbonyl (C=O) groups is 1. The van der Waals surface area contributed by atoms with E-state index in [0.29, 0.717) is 18.6 Å². The van der Waals surface area contributed by atoms with E-state index in [4.69, 9.17) is 0 Å². The Bertz CT molecular complexity index is 941. The van der Waals surface area contributed by atoms with Gasteiger partial charge in [-0.05, 0) is 29.7 Å². The lowest BCUT2D eigenvalue weighted by atomic mass is 10.00. The molecule has 3 heterocycles. The van der Waals surface area contributed by atoms with Crippen LogP contribution in [0.3, 0.4) is 0 Å². The van der Waals surface area contributed by atoms with Crippen LogP contribution in [0.15, 0.2) is 53.7 Å². The average Bonchev–Trinajstić information content (AvgIpc) is 3.06. The molecule has 1 aromatic carbocycles. The number of rotatable bonds is 2. The van der Waals surface area contributed by atoms with Gasteiger partial charge in [-0.25, -0.2) is 4.68 Å². The van der Waals surface area contributed by atoms with Crippen molar-refractivity contribution in [3.63, 3.8) is 0 Å². The summed E-state index contributed by atoms with van der Waals surface area (Å²) >= 11 is 0. The van der Waals surface area contributed by atoms with Crippen LogP contribution in [0.25, 0.3) is 5.52 Å². The third-order valence-corrected chi connectivity index (χ3v) is 4.32. The maximum absolute atomic E-state index is 12.5. The quantitative estimate of drug-likeness (QED) is 0.712. The molecule has 6 heteroatoms. The molecule has 116 valence electrons. The molecule has 0 bridgehead atoms. The summed E-state index contributed by atoms with van der Waals surface area (Å²) in [7, 11) is 0. The van der Waals surface area contributed by atoms with Gasteiger partial charge in [-0.2, -0.15) is 5.10 Å². The van der Waals surface area contributed by atoms with Gasteiger partial charge < -0.3 is 9.30 Å². The number of carbonyl (C=O) groups excluding carboxylic acids is 1. The summed E-state index contributed by atoms with van der Waals surface area (Å²) in [5.41, 5.74) is 2.75. The lowest BCUT2D eigenvalue weighted by Gasteiger charge is -2.28. The molecule has 0 N–H and O–H groups in total. The first-order valence-electron chi connectivity index (χ1n) is 7.60. The van der Waals surface area contributed by atoms with Crippen LogP contribution in [0.1, 0.15) is 11.1 Å². The van der Waals surface area contributed by atoms with E-state index in [-0.39, 0.29) is 18.0 Å². The van der Waals surface area contributed by atoms with Crippen molar-refractivity contribution in [1.29, 1.82) is 0 Å². The maximum atomic E-state index is 12.5. The predicted octanol–water partition coefficient (Wildman–Crippen LogP) is 1.08. The average molecular weight is 308 g/mol. The SMILES string of the molecule is O=C(Cn1ncn2cccc2c1=O)N1CCc2ccccc2C1. The lowest BCUT2D eigenvalue weighted by Crippen LogP contribution is -2.40. The lowest BCUT2D eigenvalue weighted by molar-refractivity contribution is -0.133. The number of amides is 1. The van der Waals surface area contributed by atoms with Gasteiger partial charge in [0.1, 0.15) is 18.4 Å². The second-order valence-electron chi connectivity index (χ2n) is 5.73. The highest BCUT2D eigenvalue weighted by Crippen LogP contribution is 2.18. The Hall–Kier alpha value is -2.89. The molecule has 0 unspecified atom stereocenters. The van der Waals surface area contributed by atoms with Crippen molar-refractivity contribution in [3.05, 3.63) is 70.4 Å². The van der Waals surface area contributed by atoms with Gasteiger partial charge in [-0.15, -0.1) is 0 Å².